The van der Waals surface area contributed by atoms with E-state index in [4.69, 9.17) is 9.47 Å². The molecule has 2 aliphatic rings. The van der Waals surface area contributed by atoms with Crippen LogP contribution in [0, 0.1) is 5.92 Å². The summed E-state index contributed by atoms with van der Waals surface area (Å²) in [7, 11) is 0. The van der Waals surface area contributed by atoms with Crippen LogP contribution in [-0.4, -0.2) is 24.1 Å². The van der Waals surface area contributed by atoms with Crippen molar-refractivity contribution in [1.82, 2.24) is 0 Å². The number of benzene rings is 1. The molecule has 0 N–H and O–H groups in total. The van der Waals surface area contributed by atoms with Crippen LogP contribution in [0.4, 0.5) is 0 Å². The van der Waals surface area contributed by atoms with Crippen LogP contribution in [-0.2, 0) is 19.1 Å². The van der Waals surface area contributed by atoms with Gasteiger partial charge in [0, 0.05) is 0 Å². The molecule has 0 unspecified atom stereocenters. The van der Waals surface area contributed by atoms with Crippen molar-refractivity contribution in [3.05, 3.63) is 42.0 Å². The Bertz CT molecular complexity index is 506. The van der Waals surface area contributed by atoms with Crippen molar-refractivity contribution in [3.8, 4) is 0 Å². The summed E-state index contributed by atoms with van der Waals surface area (Å²) in [6.45, 7) is 0. The van der Waals surface area contributed by atoms with Gasteiger partial charge in [-0.1, -0.05) is 36.4 Å². The SMILES string of the molecule is O=C1C[C@@H]2[C@H](O1)C(=O)O[C@@H]2/C=C\c1ccccc1. The van der Waals surface area contributed by atoms with Gasteiger partial charge in [0.25, 0.3) is 0 Å². The number of esters is 2. The Morgan fingerprint density at radius 1 is 1.11 bits per heavy atom. The number of hydrogen-bond acceptors (Lipinski definition) is 4. The number of carbonyl (C=O) groups excluding carboxylic acids is 2. The quantitative estimate of drug-likeness (QED) is 0.741. The van der Waals surface area contributed by atoms with Gasteiger partial charge >= 0.3 is 11.9 Å². The predicted octanol–water partition coefficient (Wildman–Crippen LogP) is 1.56. The highest BCUT2D eigenvalue weighted by atomic mass is 16.6. The maximum atomic E-state index is 11.5. The lowest BCUT2D eigenvalue weighted by atomic mass is 9.97. The molecule has 0 aliphatic carbocycles. The molecule has 3 atom stereocenters. The maximum Gasteiger partial charge on any atom is 0.348 e. The van der Waals surface area contributed by atoms with E-state index in [9.17, 15) is 9.59 Å². The fraction of sp³-hybridized carbons (Fsp3) is 0.286. The van der Waals surface area contributed by atoms with Gasteiger partial charge in [-0.25, -0.2) is 4.79 Å². The fourth-order valence-corrected chi connectivity index (χ4v) is 2.33. The van der Waals surface area contributed by atoms with Gasteiger partial charge in [-0.05, 0) is 11.6 Å². The molecule has 2 aliphatic heterocycles. The molecule has 1 aromatic carbocycles. The van der Waals surface area contributed by atoms with Crippen LogP contribution in [0.15, 0.2) is 36.4 Å². The van der Waals surface area contributed by atoms with Gasteiger partial charge < -0.3 is 9.47 Å². The van der Waals surface area contributed by atoms with Gasteiger partial charge in [-0.15, -0.1) is 0 Å². The van der Waals surface area contributed by atoms with Crippen LogP contribution in [0.2, 0.25) is 0 Å². The van der Waals surface area contributed by atoms with E-state index in [0.717, 1.165) is 5.56 Å². The lowest BCUT2D eigenvalue weighted by molar-refractivity contribution is -0.157. The Morgan fingerprint density at radius 2 is 1.89 bits per heavy atom. The Kier molecular flexibility index (Phi) is 2.63. The first-order valence-corrected chi connectivity index (χ1v) is 5.87. The van der Waals surface area contributed by atoms with E-state index < -0.39 is 12.1 Å². The molecule has 0 bridgehead atoms. The first-order chi connectivity index (χ1) is 8.74. The van der Waals surface area contributed by atoms with Gasteiger partial charge in [-0.2, -0.15) is 0 Å². The van der Waals surface area contributed by atoms with E-state index in [2.05, 4.69) is 0 Å². The predicted molar refractivity (Wildman–Crippen MR) is 63.3 cm³/mol. The monoisotopic (exact) mass is 244 g/mol. The number of fused-ring (bicyclic) bond motifs is 1. The van der Waals surface area contributed by atoms with Crippen molar-refractivity contribution in [2.75, 3.05) is 0 Å². The molecule has 92 valence electrons. The average molecular weight is 244 g/mol. The number of ether oxygens (including phenoxy) is 2. The van der Waals surface area contributed by atoms with Crippen LogP contribution >= 0.6 is 0 Å². The lowest BCUT2D eigenvalue weighted by Crippen LogP contribution is -2.19. The van der Waals surface area contributed by atoms with Crippen LogP contribution in [0.5, 0.6) is 0 Å². The van der Waals surface area contributed by atoms with E-state index in [1.807, 2.05) is 42.5 Å². The number of cyclic esters (lactones) is 1. The summed E-state index contributed by atoms with van der Waals surface area (Å²) in [5.74, 6) is -0.932. The summed E-state index contributed by atoms with van der Waals surface area (Å²) in [5.41, 5.74) is 1.03. The van der Waals surface area contributed by atoms with Crippen LogP contribution in [0.3, 0.4) is 0 Å². The Hall–Kier alpha value is -2.10. The molecule has 0 aromatic heterocycles. The van der Waals surface area contributed by atoms with E-state index in [1.54, 1.807) is 0 Å². The normalized spacial score (nSPS) is 30.3. The summed E-state index contributed by atoms with van der Waals surface area (Å²) in [5, 5.41) is 0. The van der Waals surface area contributed by atoms with E-state index in [1.165, 1.54) is 0 Å². The topological polar surface area (TPSA) is 52.6 Å². The second kappa shape index (κ2) is 4.29. The third-order valence-electron chi connectivity index (χ3n) is 3.23. The molecule has 2 saturated heterocycles. The minimum atomic E-state index is -0.706. The molecule has 2 heterocycles. The number of hydrogen-bond donors (Lipinski definition) is 0. The molecule has 4 nitrogen and oxygen atoms in total. The summed E-state index contributed by atoms with van der Waals surface area (Å²) in [6.07, 6.45) is 2.89. The molecular weight excluding hydrogens is 232 g/mol. The first-order valence-electron chi connectivity index (χ1n) is 5.87. The van der Waals surface area contributed by atoms with Crippen molar-refractivity contribution in [1.29, 1.82) is 0 Å². The van der Waals surface area contributed by atoms with Gasteiger partial charge in [-0.3, -0.25) is 4.79 Å². The summed E-state index contributed by atoms with van der Waals surface area (Å²) < 4.78 is 10.1. The maximum absolute atomic E-state index is 11.5. The largest absolute Gasteiger partial charge is 0.455 e. The van der Waals surface area contributed by atoms with Crippen molar-refractivity contribution >= 4 is 18.0 Å². The van der Waals surface area contributed by atoms with Gasteiger partial charge in [0.2, 0.25) is 6.10 Å². The van der Waals surface area contributed by atoms with Gasteiger partial charge in [0.05, 0.1) is 12.3 Å². The van der Waals surface area contributed by atoms with Crippen molar-refractivity contribution in [2.45, 2.75) is 18.6 Å². The second-order valence-corrected chi connectivity index (χ2v) is 4.45. The van der Waals surface area contributed by atoms with Crippen LogP contribution in [0.1, 0.15) is 12.0 Å². The van der Waals surface area contributed by atoms with Gasteiger partial charge in [0.15, 0.2) is 0 Å². The third kappa shape index (κ3) is 1.90. The highest BCUT2D eigenvalue weighted by Crippen LogP contribution is 2.34. The van der Waals surface area contributed by atoms with Crippen molar-refractivity contribution < 1.29 is 19.1 Å². The molecule has 1 aromatic rings. The molecule has 18 heavy (non-hydrogen) atoms. The minimum Gasteiger partial charge on any atom is -0.455 e. The Labute approximate surface area is 104 Å². The van der Waals surface area contributed by atoms with Crippen molar-refractivity contribution in [3.63, 3.8) is 0 Å². The molecule has 0 amide bonds. The molecule has 0 saturated carbocycles. The van der Waals surface area contributed by atoms with E-state index in [0.29, 0.717) is 0 Å². The Morgan fingerprint density at radius 3 is 2.67 bits per heavy atom. The van der Waals surface area contributed by atoms with E-state index >= 15 is 0 Å². The zero-order chi connectivity index (χ0) is 12.5. The highest BCUT2D eigenvalue weighted by molar-refractivity contribution is 5.86. The molecule has 3 rings (SSSR count). The molecule has 2 fully saturated rings. The fourth-order valence-electron chi connectivity index (χ4n) is 2.33. The third-order valence-corrected chi connectivity index (χ3v) is 3.23. The number of rotatable bonds is 2. The zero-order valence-electron chi connectivity index (χ0n) is 9.61. The summed E-state index contributed by atoms with van der Waals surface area (Å²) in [4.78, 5) is 22.7. The molecule has 0 spiro atoms. The summed E-state index contributed by atoms with van der Waals surface area (Å²) in [6, 6.07) is 9.73. The van der Waals surface area contributed by atoms with Crippen LogP contribution in [0.25, 0.3) is 6.08 Å². The summed E-state index contributed by atoms with van der Waals surface area (Å²) >= 11 is 0. The first kappa shape index (κ1) is 11.0. The standard InChI is InChI=1S/C14H12O4/c15-12-8-10-11(17-14(16)13(10)18-12)7-6-9-4-2-1-3-5-9/h1-7,10-11,13H,8H2/b7-6-/t10-,11+,13-/m0/s1. The minimum absolute atomic E-state index is 0.176. The Balaban J connectivity index is 1.76. The van der Waals surface area contributed by atoms with Crippen molar-refractivity contribution in [2.24, 2.45) is 5.92 Å². The average Bonchev–Trinajstić information content (AvgIpc) is 2.88. The smallest absolute Gasteiger partial charge is 0.348 e. The highest BCUT2D eigenvalue weighted by Gasteiger charge is 2.51. The second-order valence-electron chi connectivity index (χ2n) is 4.45. The van der Waals surface area contributed by atoms with E-state index in [-0.39, 0.29) is 24.4 Å². The lowest BCUT2D eigenvalue weighted by Gasteiger charge is -2.08. The molecule has 4 heteroatoms. The number of carbonyl (C=O) groups is 2. The molecule has 0 radical (unpaired) electrons. The van der Waals surface area contributed by atoms with Crippen LogP contribution < -0.4 is 0 Å². The van der Waals surface area contributed by atoms with Gasteiger partial charge in [0.1, 0.15) is 6.10 Å². The molecular formula is C14H12O4. The zero-order valence-corrected chi connectivity index (χ0v) is 9.61.